The molecule has 0 fully saturated rings. The number of hydrogen-bond donors (Lipinski definition) is 0. The second kappa shape index (κ2) is 5.98. The average molecular weight is 269 g/mol. The number of ether oxygens (including phenoxy) is 1. The summed E-state index contributed by atoms with van der Waals surface area (Å²) < 4.78 is 5.56. The molecule has 0 atom stereocenters. The van der Waals surface area contributed by atoms with Crippen molar-refractivity contribution in [2.75, 3.05) is 0 Å². The SMILES string of the molecule is CCCc1nc(COc2cccnc2Cl)cs1. The predicted octanol–water partition coefficient (Wildman–Crippen LogP) is 3.72. The number of nitrogens with zero attached hydrogens (tertiary/aromatic N) is 2. The summed E-state index contributed by atoms with van der Waals surface area (Å²) in [6, 6.07) is 3.60. The Bertz CT molecular complexity index is 487. The molecule has 0 aliphatic heterocycles. The summed E-state index contributed by atoms with van der Waals surface area (Å²) in [6.07, 6.45) is 3.78. The highest BCUT2D eigenvalue weighted by Gasteiger charge is 2.04. The van der Waals surface area contributed by atoms with E-state index in [1.807, 2.05) is 5.38 Å². The van der Waals surface area contributed by atoms with Gasteiger partial charge in [0.1, 0.15) is 6.61 Å². The van der Waals surface area contributed by atoms with E-state index in [0.29, 0.717) is 17.5 Å². The minimum Gasteiger partial charge on any atom is -0.484 e. The van der Waals surface area contributed by atoms with Crippen molar-refractivity contribution in [2.24, 2.45) is 0 Å². The van der Waals surface area contributed by atoms with Crippen molar-refractivity contribution in [3.8, 4) is 5.75 Å². The maximum Gasteiger partial charge on any atom is 0.171 e. The third kappa shape index (κ3) is 3.41. The third-order valence-electron chi connectivity index (χ3n) is 2.16. The molecule has 5 heteroatoms. The molecule has 0 aromatic carbocycles. The molecule has 0 bridgehead atoms. The second-order valence-electron chi connectivity index (χ2n) is 3.56. The van der Waals surface area contributed by atoms with Crippen LogP contribution in [0.3, 0.4) is 0 Å². The van der Waals surface area contributed by atoms with E-state index in [1.54, 1.807) is 29.7 Å². The Labute approximate surface area is 109 Å². The standard InChI is InChI=1S/C12H13ClN2OS/c1-2-4-11-15-9(8-17-11)7-16-10-5-3-6-14-12(10)13/h3,5-6,8H,2,4,7H2,1H3. The lowest BCUT2D eigenvalue weighted by molar-refractivity contribution is 0.301. The van der Waals surface area contributed by atoms with Crippen molar-refractivity contribution in [2.45, 2.75) is 26.4 Å². The fourth-order valence-corrected chi connectivity index (χ4v) is 2.43. The van der Waals surface area contributed by atoms with Gasteiger partial charge < -0.3 is 4.74 Å². The molecule has 0 radical (unpaired) electrons. The largest absolute Gasteiger partial charge is 0.484 e. The molecule has 2 heterocycles. The molecular formula is C12H13ClN2OS. The molecule has 17 heavy (non-hydrogen) atoms. The molecule has 0 N–H and O–H groups in total. The van der Waals surface area contributed by atoms with E-state index in [1.165, 1.54) is 0 Å². The van der Waals surface area contributed by atoms with Crippen LogP contribution in [0.1, 0.15) is 24.0 Å². The Hall–Kier alpha value is -1.13. The zero-order valence-corrected chi connectivity index (χ0v) is 11.1. The van der Waals surface area contributed by atoms with E-state index < -0.39 is 0 Å². The summed E-state index contributed by atoms with van der Waals surface area (Å²) >= 11 is 7.57. The fraction of sp³-hybridized carbons (Fsp3) is 0.333. The van der Waals surface area contributed by atoms with Gasteiger partial charge in [0.15, 0.2) is 10.9 Å². The molecular weight excluding hydrogens is 256 g/mol. The summed E-state index contributed by atoms with van der Waals surface area (Å²) in [5.41, 5.74) is 0.943. The average Bonchev–Trinajstić information content (AvgIpc) is 2.76. The number of rotatable bonds is 5. The first-order chi connectivity index (χ1) is 8.29. The highest BCUT2D eigenvalue weighted by Crippen LogP contribution is 2.22. The fourth-order valence-electron chi connectivity index (χ4n) is 1.37. The smallest absolute Gasteiger partial charge is 0.171 e. The Balaban J connectivity index is 1.95. The number of thiazole rings is 1. The number of aromatic nitrogens is 2. The molecule has 0 saturated carbocycles. The molecule has 2 rings (SSSR count). The molecule has 0 spiro atoms. The maximum atomic E-state index is 5.89. The van der Waals surface area contributed by atoms with E-state index in [9.17, 15) is 0 Å². The van der Waals surface area contributed by atoms with Crippen molar-refractivity contribution in [3.63, 3.8) is 0 Å². The third-order valence-corrected chi connectivity index (χ3v) is 3.40. The van der Waals surface area contributed by atoms with E-state index in [-0.39, 0.29) is 0 Å². The van der Waals surface area contributed by atoms with Crippen LogP contribution in [-0.2, 0) is 13.0 Å². The van der Waals surface area contributed by atoms with Gasteiger partial charge in [-0.05, 0) is 25.0 Å². The highest BCUT2D eigenvalue weighted by atomic mass is 35.5. The number of halogens is 1. The first kappa shape index (κ1) is 12.3. The van der Waals surface area contributed by atoms with Gasteiger partial charge in [-0.15, -0.1) is 11.3 Å². The Morgan fingerprint density at radius 1 is 1.47 bits per heavy atom. The van der Waals surface area contributed by atoms with Crippen molar-refractivity contribution in [3.05, 3.63) is 39.6 Å². The summed E-state index contributed by atoms with van der Waals surface area (Å²) in [6.45, 7) is 2.58. The van der Waals surface area contributed by atoms with Crippen LogP contribution < -0.4 is 4.74 Å². The molecule has 0 unspecified atom stereocenters. The number of pyridine rings is 1. The van der Waals surface area contributed by atoms with Gasteiger partial charge in [0.2, 0.25) is 0 Å². The summed E-state index contributed by atoms with van der Waals surface area (Å²) in [5.74, 6) is 0.596. The first-order valence-electron chi connectivity index (χ1n) is 5.46. The van der Waals surface area contributed by atoms with Gasteiger partial charge in [-0.2, -0.15) is 0 Å². The Morgan fingerprint density at radius 3 is 3.12 bits per heavy atom. The lowest BCUT2D eigenvalue weighted by Crippen LogP contribution is -1.97. The van der Waals surface area contributed by atoms with Crippen LogP contribution in [0.15, 0.2) is 23.7 Å². The number of hydrogen-bond acceptors (Lipinski definition) is 4. The topological polar surface area (TPSA) is 35.0 Å². The number of aryl methyl sites for hydroxylation is 1. The molecule has 3 nitrogen and oxygen atoms in total. The van der Waals surface area contributed by atoms with Gasteiger partial charge in [-0.1, -0.05) is 18.5 Å². The van der Waals surface area contributed by atoms with Gasteiger partial charge in [-0.3, -0.25) is 0 Å². The quantitative estimate of drug-likeness (QED) is 0.775. The maximum absolute atomic E-state index is 5.89. The molecule has 0 amide bonds. The van der Waals surface area contributed by atoms with Gasteiger partial charge >= 0.3 is 0 Å². The van der Waals surface area contributed by atoms with E-state index in [4.69, 9.17) is 16.3 Å². The molecule has 2 aromatic heterocycles. The molecule has 90 valence electrons. The molecule has 2 aromatic rings. The lowest BCUT2D eigenvalue weighted by Gasteiger charge is -2.04. The summed E-state index contributed by atoms with van der Waals surface area (Å²) in [5, 5.41) is 3.56. The Morgan fingerprint density at radius 2 is 2.35 bits per heavy atom. The zero-order valence-electron chi connectivity index (χ0n) is 9.52. The van der Waals surface area contributed by atoms with Crippen LogP contribution in [0.2, 0.25) is 5.15 Å². The van der Waals surface area contributed by atoms with E-state index >= 15 is 0 Å². The highest BCUT2D eigenvalue weighted by molar-refractivity contribution is 7.09. The van der Waals surface area contributed by atoms with Crippen LogP contribution >= 0.6 is 22.9 Å². The zero-order chi connectivity index (χ0) is 12.1. The van der Waals surface area contributed by atoms with Crippen LogP contribution in [-0.4, -0.2) is 9.97 Å². The Kier molecular flexibility index (Phi) is 4.34. The van der Waals surface area contributed by atoms with Gasteiger partial charge in [0.05, 0.1) is 10.7 Å². The van der Waals surface area contributed by atoms with Gasteiger partial charge in [-0.25, -0.2) is 9.97 Å². The van der Waals surface area contributed by atoms with Crippen molar-refractivity contribution in [1.29, 1.82) is 0 Å². The molecule has 0 aliphatic rings. The van der Waals surface area contributed by atoms with Gasteiger partial charge in [0, 0.05) is 11.6 Å². The summed E-state index contributed by atoms with van der Waals surface area (Å²) in [4.78, 5) is 8.42. The van der Waals surface area contributed by atoms with Crippen LogP contribution in [0.4, 0.5) is 0 Å². The second-order valence-corrected chi connectivity index (χ2v) is 4.86. The van der Waals surface area contributed by atoms with Crippen molar-refractivity contribution < 1.29 is 4.74 Å². The van der Waals surface area contributed by atoms with E-state index in [2.05, 4.69) is 16.9 Å². The van der Waals surface area contributed by atoms with Crippen LogP contribution in [0.5, 0.6) is 5.75 Å². The summed E-state index contributed by atoms with van der Waals surface area (Å²) in [7, 11) is 0. The van der Waals surface area contributed by atoms with Crippen LogP contribution in [0.25, 0.3) is 0 Å². The normalized spacial score (nSPS) is 10.5. The monoisotopic (exact) mass is 268 g/mol. The first-order valence-corrected chi connectivity index (χ1v) is 6.72. The van der Waals surface area contributed by atoms with Crippen LogP contribution in [0, 0.1) is 0 Å². The van der Waals surface area contributed by atoms with Crippen molar-refractivity contribution in [1.82, 2.24) is 9.97 Å². The molecule has 0 aliphatic carbocycles. The van der Waals surface area contributed by atoms with E-state index in [0.717, 1.165) is 23.5 Å². The lowest BCUT2D eigenvalue weighted by atomic mass is 10.3. The minimum atomic E-state index is 0.386. The predicted molar refractivity (Wildman–Crippen MR) is 69.7 cm³/mol. The van der Waals surface area contributed by atoms with Crippen molar-refractivity contribution >= 4 is 22.9 Å². The molecule has 0 saturated heterocycles. The minimum absolute atomic E-state index is 0.386. The van der Waals surface area contributed by atoms with Gasteiger partial charge in [0.25, 0.3) is 0 Å².